The normalized spacial score (nSPS) is 12.5. The van der Waals surface area contributed by atoms with Crippen molar-refractivity contribution in [2.24, 2.45) is 4.99 Å². The average molecular weight is 449 g/mol. The number of fused-ring (bicyclic) bond motifs is 2. The average Bonchev–Trinajstić information content (AvgIpc) is 2.95. The van der Waals surface area contributed by atoms with Crippen molar-refractivity contribution in [3.8, 4) is 0 Å². The second kappa shape index (κ2) is 9.29. The molecule has 3 nitrogen and oxygen atoms in total. The molecule has 0 aliphatic carbocycles. The molecule has 0 radical (unpaired) electrons. The van der Waals surface area contributed by atoms with Crippen LogP contribution in [0.3, 0.4) is 0 Å². The minimum Gasteiger partial charge on any atom is -0.342 e. The molecular formula is C26H25ClN2OS. The third-order valence-electron chi connectivity index (χ3n) is 5.43. The molecule has 1 amide bonds. The molecule has 1 aliphatic rings. The predicted molar refractivity (Wildman–Crippen MR) is 130 cm³/mol. The van der Waals surface area contributed by atoms with Crippen LogP contribution in [-0.4, -0.2) is 30.1 Å². The highest BCUT2D eigenvalue weighted by molar-refractivity contribution is 7.99. The first-order valence-electron chi connectivity index (χ1n) is 10.5. The summed E-state index contributed by atoms with van der Waals surface area (Å²) < 4.78 is 0. The smallest absolute Gasteiger partial charge is 0.253 e. The van der Waals surface area contributed by atoms with Gasteiger partial charge in [-0.3, -0.25) is 4.79 Å². The number of rotatable bonds is 5. The molecule has 0 bridgehead atoms. The number of aryl methyl sites for hydroxylation is 1. The zero-order valence-corrected chi connectivity index (χ0v) is 19.6. The highest BCUT2D eigenvalue weighted by Gasteiger charge is 2.21. The van der Waals surface area contributed by atoms with Crippen molar-refractivity contribution in [1.82, 2.24) is 4.90 Å². The zero-order chi connectivity index (χ0) is 22.0. The van der Waals surface area contributed by atoms with Crippen LogP contribution in [0.15, 0.2) is 75.4 Å². The van der Waals surface area contributed by atoms with E-state index >= 15 is 0 Å². The molecule has 1 heterocycles. The van der Waals surface area contributed by atoms with Gasteiger partial charge in [0.15, 0.2) is 0 Å². The van der Waals surface area contributed by atoms with Crippen LogP contribution in [0.4, 0.5) is 5.69 Å². The van der Waals surface area contributed by atoms with Gasteiger partial charge in [0.05, 0.1) is 11.4 Å². The molecule has 158 valence electrons. The van der Waals surface area contributed by atoms with E-state index in [4.69, 9.17) is 16.6 Å². The van der Waals surface area contributed by atoms with Gasteiger partial charge in [-0.25, -0.2) is 4.99 Å². The number of hydrogen-bond donors (Lipinski definition) is 0. The first kappa shape index (κ1) is 21.7. The van der Waals surface area contributed by atoms with Crippen LogP contribution in [0.25, 0.3) is 0 Å². The summed E-state index contributed by atoms with van der Waals surface area (Å²) in [6, 6.07) is 20.1. The molecule has 4 rings (SSSR count). The summed E-state index contributed by atoms with van der Waals surface area (Å²) in [6.45, 7) is 4.89. The van der Waals surface area contributed by atoms with Crippen LogP contribution in [0.5, 0.6) is 0 Å². The minimum absolute atomic E-state index is 0.0297. The Morgan fingerprint density at radius 2 is 1.87 bits per heavy atom. The van der Waals surface area contributed by atoms with Crippen molar-refractivity contribution in [2.75, 3.05) is 13.6 Å². The van der Waals surface area contributed by atoms with E-state index < -0.39 is 0 Å². The number of amides is 1. The molecule has 3 aromatic rings. The summed E-state index contributed by atoms with van der Waals surface area (Å²) >= 11 is 7.95. The van der Waals surface area contributed by atoms with Gasteiger partial charge in [0.2, 0.25) is 0 Å². The number of benzene rings is 3. The molecule has 31 heavy (non-hydrogen) atoms. The summed E-state index contributed by atoms with van der Waals surface area (Å²) in [6.07, 6.45) is 2.06. The molecule has 3 aromatic carbocycles. The van der Waals surface area contributed by atoms with Crippen LogP contribution in [-0.2, 0) is 0 Å². The number of aliphatic imine (C=N–C) groups is 1. The molecular weight excluding hydrogens is 424 g/mol. The SMILES string of the molecule is CCCCN(C)C(=O)c1ccc2c(c1)N=C(c1ccc(Cl)c(C)c1)c1ccccc1S2. The molecule has 0 spiro atoms. The zero-order valence-electron chi connectivity index (χ0n) is 18.0. The lowest BCUT2D eigenvalue weighted by atomic mass is 10.00. The molecule has 5 heteroatoms. The molecule has 0 N–H and O–H groups in total. The van der Waals surface area contributed by atoms with Crippen LogP contribution < -0.4 is 0 Å². The summed E-state index contributed by atoms with van der Waals surface area (Å²) in [7, 11) is 1.86. The maximum Gasteiger partial charge on any atom is 0.253 e. The predicted octanol–water partition coefficient (Wildman–Crippen LogP) is 7.15. The molecule has 0 saturated heterocycles. The van der Waals surface area contributed by atoms with Gasteiger partial charge in [-0.15, -0.1) is 0 Å². The van der Waals surface area contributed by atoms with E-state index in [1.807, 2.05) is 56.4 Å². The topological polar surface area (TPSA) is 32.7 Å². The number of halogens is 1. The number of carbonyl (C=O) groups excluding carboxylic acids is 1. The van der Waals surface area contributed by atoms with Crippen molar-refractivity contribution < 1.29 is 4.79 Å². The number of unbranched alkanes of at least 4 members (excludes halogenated alkanes) is 1. The molecule has 1 aliphatic heterocycles. The molecule has 0 saturated carbocycles. The minimum atomic E-state index is 0.0297. The monoisotopic (exact) mass is 448 g/mol. The number of carbonyl (C=O) groups is 1. The van der Waals surface area contributed by atoms with Crippen LogP contribution in [0, 0.1) is 6.92 Å². The van der Waals surface area contributed by atoms with Crippen LogP contribution >= 0.6 is 23.4 Å². The van der Waals surface area contributed by atoms with E-state index in [1.54, 1.807) is 16.7 Å². The maximum absolute atomic E-state index is 12.9. The maximum atomic E-state index is 12.9. The molecule has 0 fully saturated rings. The van der Waals surface area contributed by atoms with Gasteiger partial charge >= 0.3 is 0 Å². The first-order chi connectivity index (χ1) is 15.0. The van der Waals surface area contributed by atoms with Crippen LogP contribution in [0.1, 0.15) is 46.8 Å². The van der Waals surface area contributed by atoms with Gasteiger partial charge in [-0.2, -0.15) is 0 Å². The fraction of sp³-hybridized carbons (Fsp3) is 0.231. The van der Waals surface area contributed by atoms with Crippen molar-refractivity contribution >= 4 is 40.7 Å². The lowest BCUT2D eigenvalue weighted by molar-refractivity contribution is 0.0793. The third kappa shape index (κ3) is 4.56. The van der Waals surface area contributed by atoms with Crippen molar-refractivity contribution in [1.29, 1.82) is 0 Å². The Balaban J connectivity index is 1.82. The molecule has 0 aromatic heterocycles. The summed E-state index contributed by atoms with van der Waals surface area (Å²) in [4.78, 5) is 22.0. The van der Waals surface area contributed by atoms with E-state index in [2.05, 4.69) is 25.1 Å². The lowest BCUT2D eigenvalue weighted by Crippen LogP contribution is -2.27. The highest BCUT2D eigenvalue weighted by Crippen LogP contribution is 2.41. The van der Waals surface area contributed by atoms with E-state index in [0.717, 1.165) is 62.3 Å². The van der Waals surface area contributed by atoms with Crippen molar-refractivity contribution in [3.05, 3.63) is 87.9 Å². The van der Waals surface area contributed by atoms with Crippen LogP contribution in [0.2, 0.25) is 5.02 Å². The van der Waals surface area contributed by atoms with Gasteiger partial charge in [-0.05, 0) is 55.3 Å². The largest absolute Gasteiger partial charge is 0.342 e. The lowest BCUT2D eigenvalue weighted by Gasteiger charge is -2.17. The summed E-state index contributed by atoms with van der Waals surface area (Å²) in [5.74, 6) is 0.0297. The van der Waals surface area contributed by atoms with Gasteiger partial charge < -0.3 is 4.90 Å². The molecule has 0 unspecified atom stereocenters. The van der Waals surface area contributed by atoms with E-state index in [9.17, 15) is 4.79 Å². The second-order valence-electron chi connectivity index (χ2n) is 7.79. The number of hydrogen-bond acceptors (Lipinski definition) is 3. The first-order valence-corrected chi connectivity index (χ1v) is 11.7. The number of nitrogens with zero attached hydrogens (tertiary/aromatic N) is 2. The summed E-state index contributed by atoms with van der Waals surface area (Å²) in [5.41, 5.74) is 5.49. The standard InChI is InChI=1S/C26H25ClN2OS/c1-4-5-14-29(3)26(30)19-11-13-24-22(16-19)28-25(18-10-12-21(27)17(2)15-18)20-8-6-7-9-23(20)31-24/h6-13,15-16H,4-5,14H2,1-3H3. The van der Waals surface area contributed by atoms with Gasteiger partial charge in [0, 0.05) is 45.1 Å². The quantitative estimate of drug-likeness (QED) is 0.324. The van der Waals surface area contributed by atoms with E-state index in [1.165, 1.54) is 0 Å². The van der Waals surface area contributed by atoms with Crippen molar-refractivity contribution in [2.45, 2.75) is 36.5 Å². The highest BCUT2D eigenvalue weighted by atomic mass is 35.5. The fourth-order valence-electron chi connectivity index (χ4n) is 3.60. The van der Waals surface area contributed by atoms with Gasteiger partial charge in [-0.1, -0.05) is 61.0 Å². The molecule has 0 atom stereocenters. The Morgan fingerprint density at radius 3 is 2.65 bits per heavy atom. The Morgan fingerprint density at radius 1 is 1.06 bits per heavy atom. The fourth-order valence-corrected chi connectivity index (χ4v) is 4.72. The Kier molecular flexibility index (Phi) is 6.49. The third-order valence-corrected chi connectivity index (χ3v) is 6.99. The second-order valence-corrected chi connectivity index (χ2v) is 9.28. The Labute approximate surface area is 193 Å². The Hall–Kier alpha value is -2.56. The van der Waals surface area contributed by atoms with E-state index in [-0.39, 0.29) is 5.91 Å². The van der Waals surface area contributed by atoms with E-state index in [0.29, 0.717) is 5.56 Å². The van der Waals surface area contributed by atoms with Crippen molar-refractivity contribution in [3.63, 3.8) is 0 Å². The Bertz CT molecular complexity index is 1170. The summed E-state index contributed by atoms with van der Waals surface area (Å²) in [5, 5.41) is 0.740. The van der Waals surface area contributed by atoms with Gasteiger partial charge in [0.1, 0.15) is 0 Å². The van der Waals surface area contributed by atoms with Gasteiger partial charge in [0.25, 0.3) is 5.91 Å².